The quantitative estimate of drug-likeness (QED) is 0.572. The molecule has 5 nitrogen and oxygen atoms in total. The molecular formula is C9H10N4O. The van der Waals surface area contributed by atoms with Crippen LogP contribution in [0.2, 0.25) is 0 Å². The number of hydrazine groups is 1. The fraction of sp³-hybridized carbons (Fsp3) is 0. The minimum absolute atomic E-state index is 0.0879. The Bertz CT molecular complexity index is 380. The second-order valence-corrected chi connectivity index (χ2v) is 2.78. The molecule has 2 rings (SSSR count). The predicted octanol–water partition coefficient (Wildman–Crippen LogP) is 0.798. The number of aromatic hydroxyl groups is 1. The van der Waals surface area contributed by atoms with Crippen LogP contribution in [-0.2, 0) is 0 Å². The molecular weight excluding hydrogens is 180 g/mol. The van der Waals surface area contributed by atoms with Gasteiger partial charge in [-0.15, -0.1) is 0 Å². The van der Waals surface area contributed by atoms with Crippen LogP contribution in [0.15, 0.2) is 35.6 Å². The van der Waals surface area contributed by atoms with E-state index in [1.165, 1.54) is 5.12 Å². The minimum Gasteiger partial charge on any atom is -0.506 e. The van der Waals surface area contributed by atoms with Gasteiger partial charge in [0.2, 0.25) is 0 Å². The van der Waals surface area contributed by atoms with E-state index in [1.807, 2.05) is 0 Å². The summed E-state index contributed by atoms with van der Waals surface area (Å²) < 4.78 is 0. The van der Waals surface area contributed by atoms with Crippen molar-refractivity contribution in [3.63, 3.8) is 0 Å². The molecule has 0 atom stereocenters. The lowest BCUT2D eigenvalue weighted by Gasteiger charge is -2.22. The summed E-state index contributed by atoms with van der Waals surface area (Å²) in [7, 11) is 0. The van der Waals surface area contributed by atoms with Crippen molar-refractivity contribution in [1.82, 2.24) is 5.43 Å². The number of rotatable bonds is 1. The third-order valence-electron chi connectivity index (χ3n) is 1.82. The summed E-state index contributed by atoms with van der Waals surface area (Å²) in [4.78, 5) is 0. The van der Waals surface area contributed by atoms with E-state index in [1.54, 1.807) is 36.7 Å². The number of anilines is 2. The van der Waals surface area contributed by atoms with Crippen LogP contribution >= 0.6 is 0 Å². The summed E-state index contributed by atoms with van der Waals surface area (Å²) in [5.74, 6) is 0.0879. The van der Waals surface area contributed by atoms with E-state index in [4.69, 9.17) is 5.73 Å². The number of nitrogens with two attached hydrogens (primary N) is 1. The molecule has 0 spiro atoms. The van der Waals surface area contributed by atoms with Crippen LogP contribution < -0.4 is 16.3 Å². The van der Waals surface area contributed by atoms with E-state index in [9.17, 15) is 5.11 Å². The molecule has 72 valence electrons. The highest BCUT2D eigenvalue weighted by atomic mass is 16.3. The van der Waals surface area contributed by atoms with Crippen molar-refractivity contribution in [1.29, 1.82) is 0 Å². The smallest absolute Gasteiger partial charge is 0.148 e. The van der Waals surface area contributed by atoms with E-state index in [0.29, 0.717) is 11.4 Å². The first kappa shape index (κ1) is 8.43. The number of phenols is 1. The van der Waals surface area contributed by atoms with Gasteiger partial charge in [0.25, 0.3) is 0 Å². The Labute approximate surface area is 81.1 Å². The van der Waals surface area contributed by atoms with Crippen molar-refractivity contribution in [2.75, 3.05) is 10.9 Å². The van der Waals surface area contributed by atoms with Gasteiger partial charge in [0.1, 0.15) is 11.4 Å². The molecule has 0 fully saturated rings. The molecule has 0 radical (unpaired) electrons. The van der Waals surface area contributed by atoms with Crippen LogP contribution in [0, 0.1) is 0 Å². The van der Waals surface area contributed by atoms with Crippen LogP contribution in [0.25, 0.3) is 0 Å². The van der Waals surface area contributed by atoms with E-state index in [2.05, 4.69) is 10.5 Å². The van der Waals surface area contributed by atoms with Gasteiger partial charge in [0.15, 0.2) is 0 Å². The first-order valence-electron chi connectivity index (χ1n) is 4.12. The van der Waals surface area contributed by atoms with Gasteiger partial charge in [-0.1, -0.05) is 6.07 Å². The molecule has 0 aliphatic carbocycles. The Morgan fingerprint density at radius 1 is 1.43 bits per heavy atom. The molecule has 0 unspecified atom stereocenters. The Kier molecular flexibility index (Phi) is 1.98. The number of phenolic OH excluding ortho intramolecular Hbond substituents is 1. The molecule has 0 bridgehead atoms. The third-order valence-corrected chi connectivity index (χ3v) is 1.82. The van der Waals surface area contributed by atoms with Crippen LogP contribution in [0.3, 0.4) is 0 Å². The maximum atomic E-state index is 9.58. The fourth-order valence-electron chi connectivity index (χ4n) is 1.20. The molecule has 4 N–H and O–H groups in total. The monoisotopic (exact) mass is 190 g/mol. The molecule has 5 heteroatoms. The highest BCUT2D eigenvalue weighted by Crippen LogP contribution is 2.32. The lowest BCUT2D eigenvalue weighted by molar-refractivity contribution is 0.473. The number of allylic oxidation sites excluding steroid dienone is 1. The SMILES string of the molecule is Nc1cccc(O)c1N1N=CC=CN1. The average Bonchev–Trinajstić information content (AvgIpc) is 2.19. The molecule has 1 aromatic rings. The van der Waals surface area contributed by atoms with E-state index in [0.717, 1.165) is 0 Å². The zero-order valence-corrected chi connectivity index (χ0v) is 7.38. The first-order valence-corrected chi connectivity index (χ1v) is 4.12. The summed E-state index contributed by atoms with van der Waals surface area (Å²) in [5, 5.41) is 15.0. The fourth-order valence-corrected chi connectivity index (χ4v) is 1.20. The Balaban J connectivity index is 2.40. The van der Waals surface area contributed by atoms with Crippen LogP contribution in [0.5, 0.6) is 5.75 Å². The number of nitrogens with zero attached hydrogens (tertiary/aromatic N) is 2. The Morgan fingerprint density at radius 3 is 2.93 bits per heavy atom. The summed E-state index contributed by atoms with van der Waals surface area (Å²) in [6.45, 7) is 0. The highest BCUT2D eigenvalue weighted by molar-refractivity contribution is 5.78. The number of nitrogen functional groups attached to an aromatic ring is 1. The molecule has 0 saturated heterocycles. The number of hydrazone groups is 1. The summed E-state index contributed by atoms with van der Waals surface area (Å²) in [6.07, 6.45) is 5.04. The number of nitrogens with one attached hydrogen (secondary N) is 1. The highest BCUT2D eigenvalue weighted by Gasteiger charge is 2.12. The number of hydrogen-bond donors (Lipinski definition) is 3. The van der Waals surface area contributed by atoms with Gasteiger partial charge in [-0.3, -0.25) is 5.43 Å². The Hall–Kier alpha value is -2.17. The van der Waals surface area contributed by atoms with E-state index >= 15 is 0 Å². The molecule has 14 heavy (non-hydrogen) atoms. The summed E-state index contributed by atoms with van der Waals surface area (Å²) >= 11 is 0. The summed E-state index contributed by atoms with van der Waals surface area (Å²) in [6, 6.07) is 4.93. The van der Waals surface area contributed by atoms with Gasteiger partial charge >= 0.3 is 0 Å². The molecule has 0 saturated carbocycles. The maximum Gasteiger partial charge on any atom is 0.148 e. The summed E-state index contributed by atoms with van der Waals surface area (Å²) in [5.41, 5.74) is 9.46. The number of para-hydroxylation sites is 1. The standard InChI is InChI=1S/C9H10N4O/c10-7-3-1-4-8(14)9(7)13-11-5-2-6-12-13/h1-6,11,14H,10H2. The van der Waals surface area contributed by atoms with Gasteiger partial charge < -0.3 is 10.8 Å². The molecule has 1 heterocycles. The largest absolute Gasteiger partial charge is 0.506 e. The van der Waals surface area contributed by atoms with Crippen molar-refractivity contribution in [2.45, 2.75) is 0 Å². The van der Waals surface area contributed by atoms with Gasteiger partial charge in [-0.2, -0.15) is 10.2 Å². The van der Waals surface area contributed by atoms with Gasteiger partial charge in [-0.25, -0.2) is 0 Å². The lowest BCUT2D eigenvalue weighted by Crippen LogP contribution is -2.31. The second kappa shape index (κ2) is 3.29. The third kappa shape index (κ3) is 1.35. The van der Waals surface area contributed by atoms with Crippen molar-refractivity contribution < 1.29 is 5.11 Å². The number of hydrogen-bond acceptors (Lipinski definition) is 5. The topological polar surface area (TPSA) is 73.9 Å². The van der Waals surface area contributed by atoms with E-state index < -0.39 is 0 Å². The maximum absolute atomic E-state index is 9.58. The first-order chi connectivity index (χ1) is 6.79. The van der Waals surface area contributed by atoms with Crippen molar-refractivity contribution >= 4 is 17.6 Å². The van der Waals surface area contributed by atoms with Gasteiger partial charge in [0.05, 0.1) is 11.9 Å². The van der Waals surface area contributed by atoms with Crippen molar-refractivity contribution in [2.24, 2.45) is 5.10 Å². The average molecular weight is 190 g/mol. The Morgan fingerprint density at radius 2 is 2.29 bits per heavy atom. The zero-order chi connectivity index (χ0) is 9.97. The predicted molar refractivity (Wildman–Crippen MR) is 55.8 cm³/mol. The molecule has 0 amide bonds. The molecule has 1 aliphatic rings. The molecule has 1 aromatic carbocycles. The van der Waals surface area contributed by atoms with Crippen LogP contribution in [-0.4, -0.2) is 11.3 Å². The number of benzene rings is 1. The van der Waals surface area contributed by atoms with E-state index in [-0.39, 0.29) is 5.75 Å². The molecule has 1 aliphatic heterocycles. The molecule has 0 aromatic heterocycles. The van der Waals surface area contributed by atoms with Crippen molar-refractivity contribution in [3.8, 4) is 5.75 Å². The zero-order valence-electron chi connectivity index (χ0n) is 7.38. The van der Waals surface area contributed by atoms with Gasteiger partial charge in [-0.05, 0) is 18.2 Å². The van der Waals surface area contributed by atoms with Crippen molar-refractivity contribution in [3.05, 3.63) is 30.5 Å². The lowest BCUT2D eigenvalue weighted by atomic mass is 10.2. The van der Waals surface area contributed by atoms with Crippen LogP contribution in [0.1, 0.15) is 0 Å². The normalized spacial score (nSPS) is 14.1. The minimum atomic E-state index is 0.0879. The van der Waals surface area contributed by atoms with Crippen LogP contribution in [0.4, 0.5) is 11.4 Å². The van der Waals surface area contributed by atoms with Gasteiger partial charge in [0, 0.05) is 6.20 Å². The second-order valence-electron chi connectivity index (χ2n) is 2.78.